The van der Waals surface area contributed by atoms with E-state index in [-0.39, 0.29) is 0 Å². The van der Waals surface area contributed by atoms with Gasteiger partial charge in [-0.15, -0.1) is 0 Å². The fourth-order valence-corrected chi connectivity index (χ4v) is 2.59. The quantitative estimate of drug-likeness (QED) is 0.518. The molecule has 0 amide bonds. The topological polar surface area (TPSA) is 43.7 Å². The van der Waals surface area contributed by atoms with E-state index in [1.54, 1.807) is 11.8 Å². The van der Waals surface area contributed by atoms with E-state index in [0.717, 1.165) is 10.1 Å². The second-order valence-corrected chi connectivity index (χ2v) is 4.54. The zero-order chi connectivity index (χ0) is 9.14. The van der Waals surface area contributed by atoms with Crippen LogP contribution < -0.4 is 0 Å². The Balaban J connectivity index is 2.34. The van der Waals surface area contributed by atoms with Gasteiger partial charge in [-0.05, 0) is 6.92 Å². The number of nitrogens with zero attached hydrogens (tertiary/aromatic N) is 1. The van der Waals surface area contributed by atoms with Gasteiger partial charge < -0.3 is 15.1 Å². The molecule has 1 heterocycles. The van der Waals surface area contributed by atoms with Crippen molar-refractivity contribution >= 4 is 28.3 Å². The van der Waals surface area contributed by atoms with Crippen LogP contribution in [0.1, 0.15) is 13.3 Å². The highest BCUT2D eigenvalue weighted by Crippen LogP contribution is 2.23. The van der Waals surface area contributed by atoms with Crippen LogP contribution in [0.2, 0.25) is 0 Å². The van der Waals surface area contributed by atoms with Crippen molar-refractivity contribution in [3.05, 3.63) is 0 Å². The first-order valence-corrected chi connectivity index (χ1v) is 5.30. The minimum Gasteiger partial charge on any atom is -0.368 e. The van der Waals surface area contributed by atoms with Crippen LogP contribution in [0.4, 0.5) is 0 Å². The van der Waals surface area contributed by atoms with Crippen LogP contribution in [-0.2, 0) is 0 Å². The summed E-state index contributed by atoms with van der Waals surface area (Å²) in [4.78, 5) is 2.04. The Morgan fingerprint density at radius 2 is 2.42 bits per heavy atom. The monoisotopic (exact) mass is 207 g/mol. The third-order valence-electron chi connectivity index (χ3n) is 1.84. The van der Waals surface area contributed by atoms with Crippen molar-refractivity contribution in [1.29, 1.82) is 0 Å². The van der Waals surface area contributed by atoms with Gasteiger partial charge in [0.2, 0.25) is 0 Å². The lowest BCUT2D eigenvalue weighted by atomic mass is 10.3. The highest BCUT2D eigenvalue weighted by Gasteiger charge is 2.24. The number of hydrogen-bond acceptors (Lipinski definition) is 4. The molecule has 3 nitrogen and oxygen atoms in total. The molecular formula is C7H13NO2S2. The van der Waals surface area contributed by atoms with E-state index < -0.39 is 6.29 Å². The fourth-order valence-electron chi connectivity index (χ4n) is 1.11. The Kier molecular flexibility index (Phi) is 3.77. The second kappa shape index (κ2) is 4.41. The van der Waals surface area contributed by atoms with Crippen LogP contribution >= 0.6 is 24.0 Å². The van der Waals surface area contributed by atoms with Gasteiger partial charge in [-0.1, -0.05) is 24.0 Å². The van der Waals surface area contributed by atoms with Crippen molar-refractivity contribution in [1.82, 2.24) is 4.90 Å². The molecule has 0 aromatic heterocycles. The molecule has 70 valence electrons. The van der Waals surface area contributed by atoms with Gasteiger partial charge >= 0.3 is 0 Å². The maximum atomic E-state index is 8.66. The Morgan fingerprint density at radius 3 is 2.83 bits per heavy atom. The summed E-state index contributed by atoms with van der Waals surface area (Å²) in [5.74, 6) is 1.01. The molecule has 1 aliphatic heterocycles. The van der Waals surface area contributed by atoms with E-state index in [4.69, 9.17) is 22.4 Å². The van der Waals surface area contributed by atoms with E-state index in [0.29, 0.717) is 19.0 Å². The average molecular weight is 207 g/mol. The summed E-state index contributed by atoms with van der Waals surface area (Å²) in [6.07, 6.45) is -0.851. The Hall–Kier alpha value is 0.160. The SMILES string of the molecule is CC1CSC(=S)N1CCC(O)O. The van der Waals surface area contributed by atoms with Crippen molar-refractivity contribution in [3.8, 4) is 0 Å². The first-order chi connectivity index (χ1) is 5.61. The van der Waals surface area contributed by atoms with Crippen molar-refractivity contribution in [2.24, 2.45) is 0 Å². The van der Waals surface area contributed by atoms with Crippen molar-refractivity contribution in [2.45, 2.75) is 25.7 Å². The Morgan fingerprint density at radius 1 is 1.75 bits per heavy atom. The molecule has 1 fully saturated rings. The summed E-state index contributed by atoms with van der Waals surface area (Å²) < 4.78 is 0.878. The predicted molar refractivity (Wildman–Crippen MR) is 54.1 cm³/mol. The molecule has 0 bridgehead atoms. The smallest absolute Gasteiger partial charge is 0.153 e. The molecule has 12 heavy (non-hydrogen) atoms. The van der Waals surface area contributed by atoms with Crippen LogP contribution in [-0.4, -0.2) is 44.1 Å². The highest BCUT2D eigenvalue weighted by molar-refractivity contribution is 8.23. The van der Waals surface area contributed by atoms with Crippen molar-refractivity contribution in [3.63, 3.8) is 0 Å². The first kappa shape index (κ1) is 10.2. The van der Waals surface area contributed by atoms with E-state index in [2.05, 4.69) is 6.92 Å². The van der Waals surface area contributed by atoms with Crippen LogP contribution in [0.15, 0.2) is 0 Å². The van der Waals surface area contributed by atoms with Gasteiger partial charge in [0, 0.05) is 24.8 Å². The van der Waals surface area contributed by atoms with Crippen molar-refractivity contribution in [2.75, 3.05) is 12.3 Å². The van der Waals surface area contributed by atoms with Gasteiger partial charge in [-0.3, -0.25) is 0 Å². The zero-order valence-electron chi connectivity index (χ0n) is 6.93. The molecule has 0 aromatic carbocycles. The molecule has 0 spiro atoms. The van der Waals surface area contributed by atoms with Crippen LogP contribution in [0, 0.1) is 0 Å². The summed E-state index contributed by atoms with van der Waals surface area (Å²) >= 11 is 6.75. The highest BCUT2D eigenvalue weighted by atomic mass is 32.2. The summed E-state index contributed by atoms with van der Waals surface area (Å²) in [5, 5.41) is 17.3. The van der Waals surface area contributed by atoms with Crippen molar-refractivity contribution < 1.29 is 10.2 Å². The molecule has 2 N–H and O–H groups in total. The molecule has 1 rings (SSSR count). The zero-order valence-corrected chi connectivity index (χ0v) is 8.57. The molecule has 1 atom stereocenters. The minimum atomic E-state index is -1.22. The summed E-state index contributed by atoms with van der Waals surface area (Å²) in [6, 6.07) is 0.432. The Bertz CT molecular complexity index is 175. The van der Waals surface area contributed by atoms with Gasteiger partial charge in [0.05, 0.1) is 0 Å². The molecule has 1 aliphatic rings. The molecule has 0 radical (unpaired) electrons. The van der Waals surface area contributed by atoms with E-state index >= 15 is 0 Å². The number of rotatable bonds is 3. The van der Waals surface area contributed by atoms with Gasteiger partial charge in [-0.25, -0.2) is 0 Å². The second-order valence-electron chi connectivity index (χ2n) is 2.89. The number of aliphatic hydroxyl groups is 2. The van der Waals surface area contributed by atoms with Gasteiger partial charge in [-0.2, -0.15) is 0 Å². The molecule has 0 saturated carbocycles. The summed E-state index contributed by atoms with van der Waals surface area (Å²) in [5.41, 5.74) is 0. The fraction of sp³-hybridized carbons (Fsp3) is 0.857. The maximum Gasteiger partial charge on any atom is 0.153 e. The lowest BCUT2D eigenvalue weighted by molar-refractivity contribution is -0.0480. The molecular weight excluding hydrogens is 194 g/mol. The van der Waals surface area contributed by atoms with E-state index in [9.17, 15) is 0 Å². The molecule has 1 saturated heterocycles. The Labute approximate surface area is 81.8 Å². The number of thiocarbonyl (C=S) groups is 1. The van der Waals surface area contributed by atoms with Crippen LogP contribution in [0.5, 0.6) is 0 Å². The first-order valence-electron chi connectivity index (χ1n) is 3.91. The number of aliphatic hydroxyl groups excluding tert-OH is 1. The van der Waals surface area contributed by atoms with Gasteiger partial charge in [0.25, 0.3) is 0 Å². The summed E-state index contributed by atoms with van der Waals surface area (Å²) in [7, 11) is 0. The molecule has 1 unspecified atom stereocenters. The normalized spacial score (nSPS) is 24.2. The lowest BCUT2D eigenvalue weighted by Gasteiger charge is -2.22. The van der Waals surface area contributed by atoms with E-state index in [1.807, 2.05) is 4.90 Å². The van der Waals surface area contributed by atoms with Crippen LogP contribution in [0.3, 0.4) is 0 Å². The molecule has 5 heteroatoms. The standard InChI is InChI=1S/C7H13NO2S2/c1-5-4-12-7(11)8(5)3-2-6(9)10/h5-6,9-10H,2-4H2,1H3. The minimum absolute atomic E-state index is 0.366. The van der Waals surface area contributed by atoms with Gasteiger partial charge in [0.15, 0.2) is 6.29 Å². The van der Waals surface area contributed by atoms with Crippen LogP contribution in [0.25, 0.3) is 0 Å². The third-order valence-corrected chi connectivity index (χ3v) is 3.56. The number of thioether (sulfide) groups is 1. The summed E-state index contributed by atoms with van der Waals surface area (Å²) in [6.45, 7) is 2.74. The largest absolute Gasteiger partial charge is 0.368 e. The molecule has 0 aromatic rings. The van der Waals surface area contributed by atoms with E-state index in [1.165, 1.54) is 0 Å². The molecule has 0 aliphatic carbocycles. The predicted octanol–water partition coefficient (Wildman–Crippen LogP) is 0.409. The number of hydrogen-bond donors (Lipinski definition) is 2. The average Bonchev–Trinajstić information content (AvgIpc) is 2.28. The maximum absolute atomic E-state index is 8.66. The lowest BCUT2D eigenvalue weighted by Crippen LogP contribution is -2.33. The third kappa shape index (κ3) is 2.58. The van der Waals surface area contributed by atoms with Gasteiger partial charge in [0.1, 0.15) is 4.32 Å².